The van der Waals surface area contributed by atoms with E-state index in [9.17, 15) is 22.4 Å². The van der Waals surface area contributed by atoms with Crippen LogP contribution in [0, 0.1) is 41.2 Å². The summed E-state index contributed by atoms with van der Waals surface area (Å²) in [7, 11) is 0. The van der Waals surface area contributed by atoms with Gasteiger partial charge < -0.3 is 4.74 Å². The highest BCUT2D eigenvalue weighted by Gasteiger charge is 2.34. The van der Waals surface area contributed by atoms with Crippen LogP contribution in [-0.4, -0.2) is 12.6 Å². The maximum Gasteiger partial charge on any atom is 0.328 e. The van der Waals surface area contributed by atoms with E-state index in [0.717, 1.165) is 0 Å². The van der Waals surface area contributed by atoms with Crippen molar-refractivity contribution in [1.29, 1.82) is 5.26 Å². The fourth-order valence-corrected chi connectivity index (χ4v) is 1.45. The monoisotopic (exact) mass is 286 g/mol. The van der Waals surface area contributed by atoms with E-state index in [-0.39, 0.29) is 6.61 Å². The first kappa shape index (κ1) is 15.4. The van der Waals surface area contributed by atoms with Gasteiger partial charge in [0.05, 0.1) is 24.8 Å². The lowest BCUT2D eigenvalue weighted by Gasteiger charge is -2.12. The first-order valence-electron chi connectivity index (χ1n) is 5.20. The third-order valence-electron chi connectivity index (χ3n) is 2.33. The van der Waals surface area contributed by atoms with E-state index in [1.54, 1.807) is 0 Å². The van der Waals surface area contributed by atoms with E-state index in [0.29, 0.717) is 0 Å². The van der Waals surface area contributed by atoms with Crippen LogP contribution in [0.25, 0.3) is 4.85 Å². The smallest absolute Gasteiger partial charge is 0.328 e. The fraction of sp³-hybridized carbons (Fsp3) is 0.250. The SMILES string of the molecule is [C-]#[N+]c1c(F)c(F)c(C(C#N)C(=O)OCC)c(F)c1F. The summed E-state index contributed by atoms with van der Waals surface area (Å²) in [5, 5.41) is 8.74. The zero-order valence-electron chi connectivity index (χ0n) is 10.0. The first-order chi connectivity index (χ1) is 9.40. The predicted octanol–water partition coefficient (Wildman–Crippen LogP) is 2.96. The van der Waals surface area contributed by atoms with Crippen molar-refractivity contribution in [2.45, 2.75) is 12.8 Å². The number of hydrogen-bond donors (Lipinski definition) is 0. The molecule has 0 bridgehead atoms. The third-order valence-corrected chi connectivity index (χ3v) is 2.33. The molecule has 0 aromatic heterocycles. The van der Waals surface area contributed by atoms with Crippen LogP contribution in [0.3, 0.4) is 0 Å². The Morgan fingerprint density at radius 3 is 2.15 bits per heavy atom. The lowest BCUT2D eigenvalue weighted by molar-refractivity contribution is -0.143. The summed E-state index contributed by atoms with van der Waals surface area (Å²) in [4.78, 5) is 13.7. The number of benzene rings is 1. The molecular formula is C12H6F4N2O2. The molecular weight excluding hydrogens is 280 g/mol. The molecule has 1 unspecified atom stereocenters. The largest absolute Gasteiger partial charge is 0.465 e. The Bertz CT molecular complexity index is 617. The molecule has 1 aromatic rings. The minimum Gasteiger partial charge on any atom is -0.465 e. The molecule has 0 aliphatic carbocycles. The number of ether oxygens (including phenoxy) is 1. The topological polar surface area (TPSA) is 54.5 Å². The Balaban J connectivity index is 3.58. The molecule has 0 radical (unpaired) electrons. The van der Waals surface area contributed by atoms with Gasteiger partial charge in [-0.15, -0.1) is 0 Å². The predicted molar refractivity (Wildman–Crippen MR) is 57.5 cm³/mol. The van der Waals surface area contributed by atoms with Crippen molar-refractivity contribution in [2.24, 2.45) is 0 Å². The molecule has 0 heterocycles. The quantitative estimate of drug-likeness (QED) is 0.371. The number of hydrogen-bond acceptors (Lipinski definition) is 3. The van der Waals surface area contributed by atoms with Gasteiger partial charge in [-0.3, -0.25) is 4.79 Å². The molecule has 0 N–H and O–H groups in total. The van der Waals surface area contributed by atoms with E-state index >= 15 is 0 Å². The van der Waals surface area contributed by atoms with Gasteiger partial charge in [0.25, 0.3) is 5.69 Å². The van der Waals surface area contributed by atoms with Crippen molar-refractivity contribution in [3.63, 3.8) is 0 Å². The van der Waals surface area contributed by atoms with E-state index in [1.165, 1.54) is 13.0 Å². The van der Waals surface area contributed by atoms with E-state index in [2.05, 4.69) is 9.58 Å². The average Bonchev–Trinajstić information content (AvgIpc) is 2.42. The van der Waals surface area contributed by atoms with Gasteiger partial charge in [-0.1, -0.05) is 0 Å². The molecule has 0 spiro atoms. The zero-order chi connectivity index (χ0) is 15.4. The van der Waals surface area contributed by atoms with Gasteiger partial charge in [0.2, 0.25) is 0 Å². The molecule has 104 valence electrons. The Hall–Kier alpha value is -2.61. The van der Waals surface area contributed by atoms with Crippen LogP contribution < -0.4 is 0 Å². The van der Waals surface area contributed by atoms with E-state index < -0.39 is 46.4 Å². The van der Waals surface area contributed by atoms with Crippen molar-refractivity contribution < 1.29 is 27.1 Å². The summed E-state index contributed by atoms with van der Waals surface area (Å²) < 4.78 is 58.5. The molecule has 8 heteroatoms. The minimum atomic E-state index is -2.17. The lowest BCUT2D eigenvalue weighted by Crippen LogP contribution is -2.18. The Morgan fingerprint density at radius 1 is 1.30 bits per heavy atom. The van der Waals surface area contributed by atoms with Crippen LogP contribution in [0.2, 0.25) is 0 Å². The van der Waals surface area contributed by atoms with E-state index in [4.69, 9.17) is 11.8 Å². The number of nitriles is 1. The van der Waals surface area contributed by atoms with Gasteiger partial charge in [0.1, 0.15) is 0 Å². The first-order valence-corrected chi connectivity index (χ1v) is 5.20. The zero-order valence-corrected chi connectivity index (χ0v) is 10.0. The molecule has 20 heavy (non-hydrogen) atoms. The second kappa shape index (κ2) is 6.02. The van der Waals surface area contributed by atoms with Crippen molar-refractivity contribution in [2.75, 3.05) is 6.61 Å². The number of nitrogens with zero attached hydrogens (tertiary/aromatic N) is 2. The van der Waals surface area contributed by atoms with Gasteiger partial charge in [0.15, 0.2) is 29.2 Å². The molecule has 4 nitrogen and oxygen atoms in total. The van der Waals surface area contributed by atoms with Gasteiger partial charge in [-0.25, -0.2) is 22.4 Å². The molecule has 0 fully saturated rings. The summed E-state index contributed by atoms with van der Waals surface area (Å²) >= 11 is 0. The molecule has 1 aromatic carbocycles. The highest BCUT2D eigenvalue weighted by atomic mass is 19.2. The second-order valence-electron chi connectivity index (χ2n) is 3.44. The van der Waals surface area contributed by atoms with Crippen molar-refractivity contribution >= 4 is 11.7 Å². The van der Waals surface area contributed by atoms with Gasteiger partial charge in [-0.2, -0.15) is 5.26 Å². The molecule has 0 saturated heterocycles. The number of rotatable bonds is 3. The van der Waals surface area contributed by atoms with Gasteiger partial charge in [-0.05, 0) is 6.92 Å². The fourth-order valence-electron chi connectivity index (χ4n) is 1.45. The van der Waals surface area contributed by atoms with Crippen LogP contribution in [0.15, 0.2) is 0 Å². The molecule has 0 aliphatic rings. The Kier molecular flexibility index (Phi) is 4.65. The highest BCUT2D eigenvalue weighted by Crippen LogP contribution is 2.34. The van der Waals surface area contributed by atoms with Gasteiger partial charge >= 0.3 is 5.97 Å². The summed E-state index contributed by atoms with van der Waals surface area (Å²) in [5.74, 6) is -11.4. The molecule has 0 saturated carbocycles. The molecule has 1 rings (SSSR count). The molecule has 0 amide bonds. The third kappa shape index (κ3) is 2.41. The van der Waals surface area contributed by atoms with Crippen molar-refractivity contribution in [3.8, 4) is 6.07 Å². The number of carbonyl (C=O) groups excluding carboxylic acids is 1. The van der Waals surface area contributed by atoms with Crippen LogP contribution in [0.1, 0.15) is 18.4 Å². The maximum atomic E-state index is 13.6. The number of carbonyl (C=O) groups is 1. The lowest BCUT2D eigenvalue weighted by atomic mass is 9.98. The summed E-state index contributed by atoms with van der Waals surface area (Å²) in [6.07, 6.45) is 0. The molecule has 0 aliphatic heterocycles. The summed E-state index contributed by atoms with van der Waals surface area (Å²) in [6.45, 7) is 7.64. The number of halogens is 4. The van der Waals surface area contributed by atoms with Crippen molar-refractivity contribution in [3.05, 3.63) is 40.2 Å². The van der Waals surface area contributed by atoms with Crippen LogP contribution >= 0.6 is 0 Å². The van der Waals surface area contributed by atoms with Crippen LogP contribution in [0.4, 0.5) is 23.2 Å². The maximum absolute atomic E-state index is 13.6. The highest BCUT2D eigenvalue weighted by molar-refractivity contribution is 5.81. The van der Waals surface area contributed by atoms with Crippen LogP contribution in [0.5, 0.6) is 0 Å². The van der Waals surface area contributed by atoms with Gasteiger partial charge in [0, 0.05) is 0 Å². The van der Waals surface area contributed by atoms with Crippen LogP contribution in [-0.2, 0) is 9.53 Å². The normalized spacial score (nSPS) is 11.3. The minimum absolute atomic E-state index is 0.189. The summed E-state index contributed by atoms with van der Waals surface area (Å²) in [6, 6.07) is 1.21. The Morgan fingerprint density at radius 2 is 1.80 bits per heavy atom. The second-order valence-corrected chi connectivity index (χ2v) is 3.44. The summed E-state index contributed by atoms with van der Waals surface area (Å²) in [5.41, 5.74) is -2.89. The van der Waals surface area contributed by atoms with Crippen molar-refractivity contribution in [1.82, 2.24) is 0 Å². The number of esters is 1. The average molecular weight is 286 g/mol. The Labute approximate surface area is 111 Å². The molecule has 1 atom stereocenters. The standard InChI is InChI=1S/C12H6F4N2O2/c1-3-20-12(19)5(4-17)6-7(13)9(15)11(18-2)10(16)8(6)14/h5H,3H2,1H3. The van der Waals surface area contributed by atoms with E-state index in [1.807, 2.05) is 0 Å².